The van der Waals surface area contributed by atoms with Crippen molar-refractivity contribution < 1.29 is 24.2 Å². The van der Waals surface area contributed by atoms with Crippen molar-refractivity contribution in [3.8, 4) is 11.8 Å². The van der Waals surface area contributed by atoms with Crippen molar-refractivity contribution in [2.75, 3.05) is 11.9 Å². The second-order valence-electron chi connectivity index (χ2n) is 11.8. The number of hydrogen-bond donors (Lipinski definition) is 5. The average molecular weight is 612 g/mol. The van der Waals surface area contributed by atoms with Crippen molar-refractivity contribution in [2.24, 2.45) is 0 Å². The fourth-order valence-electron chi connectivity index (χ4n) is 4.18. The predicted octanol–water partition coefficient (Wildman–Crippen LogP) is 3.86. The molecule has 3 aromatic carbocycles. The van der Waals surface area contributed by atoms with Crippen LogP contribution in [0.5, 0.6) is 5.75 Å². The van der Waals surface area contributed by atoms with E-state index >= 15 is 0 Å². The lowest BCUT2D eigenvalue weighted by molar-refractivity contribution is -0.131. The van der Waals surface area contributed by atoms with Gasteiger partial charge in [0.2, 0.25) is 11.8 Å². The van der Waals surface area contributed by atoms with Crippen molar-refractivity contribution >= 4 is 29.5 Å². The highest BCUT2D eigenvalue weighted by atomic mass is 16.5. The lowest BCUT2D eigenvalue weighted by Gasteiger charge is -2.25. The standard InChI is InChI=1S/C35H41N5O5/c1-23-14-16-25(17-15-23)21-37-33(43)30(39-34(44)31(24(2)41)38-28-11-7-6-8-12-28)22-45-29-13-9-10-26(19-29)18-27(20-36)32(42)40-35(3,4)5/h6-19,24,30-31,38,41H,21-22H2,1-5H3,(H,37,43)(H,39,44)(H,40,42)/b27-18+/t24-,30+,31+/m1/s1. The van der Waals surface area contributed by atoms with Crippen LogP contribution in [0.1, 0.15) is 44.4 Å². The molecule has 5 N–H and O–H groups in total. The summed E-state index contributed by atoms with van der Waals surface area (Å²) >= 11 is 0. The molecule has 0 saturated carbocycles. The number of nitrogens with one attached hydrogen (secondary N) is 4. The molecule has 3 atom stereocenters. The number of carbonyl (C=O) groups excluding carboxylic acids is 3. The number of aliphatic hydroxyl groups excluding tert-OH is 1. The zero-order valence-electron chi connectivity index (χ0n) is 26.3. The topological polar surface area (TPSA) is 153 Å². The first-order valence-electron chi connectivity index (χ1n) is 14.6. The van der Waals surface area contributed by atoms with E-state index in [4.69, 9.17) is 4.74 Å². The van der Waals surface area contributed by atoms with Crippen molar-refractivity contribution in [1.29, 1.82) is 5.26 Å². The smallest absolute Gasteiger partial charge is 0.262 e. The first kappa shape index (κ1) is 34.4. The molecule has 3 aromatic rings. The van der Waals surface area contributed by atoms with Crippen molar-refractivity contribution in [3.63, 3.8) is 0 Å². The van der Waals surface area contributed by atoms with Crippen LogP contribution in [-0.2, 0) is 20.9 Å². The second kappa shape index (κ2) is 16.1. The molecule has 3 rings (SSSR count). The van der Waals surface area contributed by atoms with Gasteiger partial charge in [0.15, 0.2) is 0 Å². The lowest BCUT2D eigenvalue weighted by atomic mass is 10.1. The largest absolute Gasteiger partial charge is 0.491 e. The molecule has 0 unspecified atom stereocenters. The summed E-state index contributed by atoms with van der Waals surface area (Å²) in [7, 11) is 0. The molecule has 0 aromatic heterocycles. The second-order valence-corrected chi connectivity index (χ2v) is 11.8. The van der Waals surface area contributed by atoms with Gasteiger partial charge < -0.3 is 31.1 Å². The fraction of sp³-hybridized carbons (Fsp3) is 0.314. The van der Waals surface area contributed by atoms with E-state index in [9.17, 15) is 24.8 Å². The Morgan fingerprint density at radius 2 is 1.67 bits per heavy atom. The van der Waals surface area contributed by atoms with Crippen LogP contribution in [0.3, 0.4) is 0 Å². The molecule has 0 saturated heterocycles. The summed E-state index contributed by atoms with van der Waals surface area (Å²) in [6.45, 7) is 8.93. The van der Waals surface area contributed by atoms with Gasteiger partial charge in [0.05, 0.1) is 6.10 Å². The number of aryl methyl sites for hydroxylation is 1. The number of aliphatic hydroxyl groups is 1. The molecule has 0 spiro atoms. The van der Waals surface area contributed by atoms with Gasteiger partial charge in [-0.1, -0.05) is 60.2 Å². The van der Waals surface area contributed by atoms with E-state index in [2.05, 4.69) is 21.3 Å². The third-order valence-corrected chi connectivity index (χ3v) is 6.52. The normalized spacial score (nSPS) is 13.4. The Morgan fingerprint density at radius 1 is 0.978 bits per heavy atom. The van der Waals surface area contributed by atoms with E-state index in [1.54, 1.807) is 48.5 Å². The van der Waals surface area contributed by atoms with Gasteiger partial charge in [0.1, 0.15) is 36.1 Å². The Kier molecular flexibility index (Phi) is 12.3. The Morgan fingerprint density at radius 3 is 2.29 bits per heavy atom. The molecule has 10 heteroatoms. The number of hydrogen-bond acceptors (Lipinski definition) is 7. The minimum atomic E-state index is -1.12. The van der Waals surface area contributed by atoms with E-state index in [-0.39, 0.29) is 18.7 Å². The summed E-state index contributed by atoms with van der Waals surface area (Å²) in [4.78, 5) is 39.2. The zero-order valence-corrected chi connectivity index (χ0v) is 26.3. The third kappa shape index (κ3) is 11.5. The highest BCUT2D eigenvalue weighted by Gasteiger charge is 2.29. The predicted molar refractivity (Wildman–Crippen MR) is 174 cm³/mol. The number of para-hydroxylation sites is 1. The van der Waals surface area contributed by atoms with E-state index < -0.39 is 41.4 Å². The molecular weight excluding hydrogens is 570 g/mol. The molecular formula is C35H41N5O5. The van der Waals surface area contributed by atoms with E-state index in [0.29, 0.717) is 17.0 Å². The average Bonchev–Trinajstić information content (AvgIpc) is 2.99. The molecule has 0 aliphatic rings. The van der Waals surface area contributed by atoms with Gasteiger partial charge in [0.25, 0.3) is 5.91 Å². The Labute approximate surface area is 264 Å². The Balaban J connectivity index is 1.78. The maximum atomic E-state index is 13.4. The Bertz CT molecular complexity index is 1520. The number of amides is 3. The molecule has 10 nitrogen and oxygen atoms in total. The molecule has 0 aliphatic carbocycles. The number of benzene rings is 3. The summed E-state index contributed by atoms with van der Waals surface area (Å²) in [5.74, 6) is -1.21. The highest BCUT2D eigenvalue weighted by molar-refractivity contribution is 6.02. The van der Waals surface area contributed by atoms with Crippen LogP contribution >= 0.6 is 0 Å². The molecule has 3 amide bonds. The molecule has 0 radical (unpaired) electrons. The van der Waals surface area contributed by atoms with Crippen LogP contribution in [0.15, 0.2) is 84.4 Å². The van der Waals surface area contributed by atoms with Crippen molar-refractivity contribution in [1.82, 2.24) is 16.0 Å². The van der Waals surface area contributed by atoms with Gasteiger partial charge in [-0.25, -0.2) is 0 Å². The van der Waals surface area contributed by atoms with Crippen LogP contribution < -0.4 is 26.0 Å². The quantitative estimate of drug-likeness (QED) is 0.145. The minimum absolute atomic E-state index is 0.0715. The Hall–Kier alpha value is -5.14. The number of nitrogens with zero attached hydrogens (tertiary/aromatic N) is 1. The van der Waals surface area contributed by atoms with Gasteiger partial charge in [-0.2, -0.15) is 5.26 Å². The van der Waals surface area contributed by atoms with E-state index in [0.717, 1.165) is 11.1 Å². The van der Waals surface area contributed by atoms with Crippen LogP contribution in [0.4, 0.5) is 5.69 Å². The fourth-order valence-corrected chi connectivity index (χ4v) is 4.18. The number of rotatable bonds is 13. The van der Waals surface area contributed by atoms with Crippen LogP contribution in [0, 0.1) is 18.3 Å². The number of nitriles is 1. The van der Waals surface area contributed by atoms with Crippen LogP contribution in [0.25, 0.3) is 6.08 Å². The number of carbonyl (C=O) groups is 3. The monoisotopic (exact) mass is 611 g/mol. The third-order valence-electron chi connectivity index (χ3n) is 6.52. The summed E-state index contributed by atoms with van der Waals surface area (Å²) in [5.41, 5.74) is 2.56. The molecule has 0 heterocycles. The summed E-state index contributed by atoms with van der Waals surface area (Å²) in [6.07, 6.45) is 0.375. The van der Waals surface area contributed by atoms with E-state index in [1.807, 2.05) is 64.1 Å². The van der Waals surface area contributed by atoms with Crippen molar-refractivity contribution in [2.45, 2.75) is 64.9 Å². The van der Waals surface area contributed by atoms with Gasteiger partial charge in [-0.05, 0) is 76.1 Å². The van der Waals surface area contributed by atoms with Crippen LogP contribution in [0.2, 0.25) is 0 Å². The maximum absolute atomic E-state index is 13.4. The number of anilines is 1. The summed E-state index contributed by atoms with van der Waals surface area (Å²) < 4.78 is 5.94. The lowest BCUT2D eigenvalue weighted by Crippen LogP contribution is -2.55. The molecule has 0 aliphatic heterocycles. The highest BCUT2D eigenvalue weighted by Crippen LogP contribution is 2.17. The first-order valence-corrected chi connectivity index (χ1v) is 14.6. The van der Waals surface area contributed by atoms with Gasteiger partial charge in [-0.3, -0.25) is 14.4 Å². The molecule has 0 bridgehead atoms. The summed E-state index contributed by atoms with van der Waals surface area (Å²) in [5, 5.41) is 31.3. The first-order chi connectivity index (χ1) is 21.3. The van der Waals surface area contributed by atoms with Gasteiger partial charge >= 0.3 is 0 Å². The number of ether oxygens (including phenoxy) is 1. The summed E-state index contributed by atoms with van der Waals surface area (Å²) in [6, 6.07) is 23.1. The van der Waals surface area contributed by atoms with Gasteiger partial charge in [-0.15, -0.1) is 0 Å². The minimum Gasteiger partial charge on any atom is -0.491 e. The maximum Gasteiger partial charge on any atom is 0.262 e. The SMILES string of the molecule is Cc1ccc(CNC(=O)[C@H](COc2cccc(/C=C(\C#N)C(=O)NC(C)(C)C)c2)NC(=O)[C@@H](Nc2ccccc2)[C@@H](C)O)cc1. The molecule has 0 fully saturated rings. The van der Waals surface area contributed by atoms with Crippen molar-refractivity contribution in [3.05, 3.63) is 101 Å². The zero-order chi connectivity index (χ0) is 33.0. The molecule has 236 valence electrons. The van der Waals surface area contributed by atoms with Crippen LogP contribution in [-0.4, -0.2) is 53.2 Å². The van der Waals surface area contributed by atoms with Gasteiger partial charge in [0, 0.05) is 17.8 Å². The van der Waals surface area contributed by atoms with E-state index in [1.165, 1.54) is 13.0 Å². The molecule has 45 heavy (non-hydrogen) atoms.